The summed E-state index contributed by atoms with van der Waals surface area (Å²) in [6, 6.07) is 0. The second-order valence-electron chi connectivity index (χ2n) is 3.72. The second kappa shape index (κ2) is 2.01. The molecular formula is C9H15N. The lowest BCUT2D eigenvalue weighted by molar-refractivity contribution is 0.228. The molecule has 0 atom stereocenters. The van der Waals surface area contributed by atoms with Gasteiger partial charge in [-0.3, -0.25) is 0 Å². The van der Waals surface area contributed by atoms with Crippen LogP contribution in [0.5, 0.6) is 0 Å². The van der Waals surface area contributed by atoms with Crippen LogP contribution in [0.4, 0.5) is 0 Å². The molecule has 0 aromatic carbocycles. The number of likely N-dealkylation sites (tertiary alicyclic amines) is 1. The largest absolute Gasteiger partial charge is 0.378 e. The van der Waals surface area contributed by atoms with Crippen molar-refractivity contribution >= 4 is 0 Å². The first kappa shape index (κ1) is 6.26. The SMILES string of the molecule is C=CN1CCC2(CC1)CC2. The highest BCUT2D eigenvalue weighted by Crippen LogP contribution is 2.53. The minimum absolute atomic E-state index is 0.819. The molecule has 10 heavy (non-hydrogen) atoms. The van der Waals surface area contributed by atoms with E-state index in [-0.39, 0.29) is 0 Å². The van der Waals surface area contributed by atoms with E-state index in [0.29, 0.717) is 0 Å². The van der Waals surface area contributed by atoms with Crippen LogP contribution in [0.25, 0.3) is 0 Å². The van der Waals surface area contributed by atoms with Gasteiger partial charge in [-0.1, -0.05) is 6.58 Å². The van der Waals surface area contributed by atoms with E-state index in [9.17, 15) is 0 Å². The first-order valence-corrected chi connectivity index (χ1v) is 4.21. The van der Waals surface area contributed by atoms with Crippen LogP contribution in [-0.2, 0) is 0 Å². The number of hydrogen-bond donors (Lipinski definition) is 0. The molecule has 0 radical (unpaired) electrons. The molecule has 2 rings (SSSR count). The maximum atomic E-state index is 3.78. The first-order valence-electron chi connectivity index (χ1n) is 4.21. The lowest BCUT2D eigenvalue weighted by Crippen LogP contribution is -2.29. The summed E-state index contributed by atoms with van der Waals surface area (Å²) in [6.45, 7) is 6.29. The third-order valence-electron chi connectivity index (χ3n) is 3.07. The summed E-state index contributed by atoms with van der Waals surface area (Å²) in [4.78, 5) is 2.34. The topological polar surface area (TPSA) is 3.24 Å². The van der Waals surface area contributed by atoms with Crippen molar-refractivity contribution in [1.82, 2.24) is 4.90 Å². The van der Waals surface area contributed by atoms with Gasteiger partial charge in [-0.05, 0) is 37.3 Å². The van der Waals surface area contributed by atoms with Gasteiger partial charge < -0.3 is 4.90 Å². The summed E-state index contributed by atoms with van der Waals surface area (Å²) in [5, 5.41) is 0. The smallest absolute Gasteiger partial charge is 0.0177 e. The molecule has 1 heterocycles. The normalized spacial score (nSPS) is 28.6. The monoisotopic (exact) mass is 137 g/mol. The average Bonchev–Trinajstić information content (AvgIpc) is 2.72. The van der Waals surface area contributed by atoms with Crippen LogP contribution in [0.15, 0.2) is 12.8 Å². The molecule has 1 nitrogen and oxygen atoms in total. The fraction of sp³-hybridized carbons (Fsp3) is 0.778. The zero-order valence-corrected chi connectivity index (χ0v) is 6.47. The predicted molar refractivity (Wildman–Crippen MR) is 42.7 cm³/mol. The zero-order chi connectivity index (χ0) is 7.03. The van der Waals surface area contributed by atoms with Gasteiger partial charge in [0.15, 0.2) is 0 Å². The minimum atomic E-state index is 0.819. The van der Waals surface area contributed by atoms with Gasteiger partial charge in [-0.25, -0.2) is 0 Å². The van der Waals surface area contributed by atoms with E-state index in [2.05, 4.69) is 11.5 Å². The number of piperidine rings is 1. The maximum absolute atomic E-state index is 3.78. The van der Waals surface area contributed by atoms with Crippen LogP contribution in [-0.4, -0.2) is 18.0 Å². The Hall–Kier alpha value is -0.460. The van der Waals surface area contributed by atoms with Gasteiger partial charge in [0.05, 0.1) is 0 Å². The Balaban J connectivity index is 1.89. The molecule has 0 bridgehead atoms. The van der Waals surface area contributed by atoms with Crippen molar-refractivity contribution in [3.63, 3.8) is 0 Å². The quantitative estimate of drug-likeness (QED) is 0.534. The molecule has 1 aliphatic carbocycles. The van der Waals surface area contributed by atoms with Gasteiger partial charge in [0, 0.05) is 13.1 Å². The molecule has 0 aromatic heterocycles. The van der Waals surface area contributed by atoms with E-state index in [1.165, 1.54) is 38.8 Å². The number of nitrogens with zero attached hydrogens (tertiary/aromatic N) is 1. The summed E-state index contributed by atoms with van der Waals surface area (Å²) in [6.07, 6.45) is 7.81. The molecule has 56 valence electrons. The summed E-state index contributed by atoms with van der Waals surface area (Å²) in [7, 11) is 0. The van der Waals surface area contributed by atoms with Gasteiger partial charge in [0.1, 0.15) is 0 Å². The van der Waals surface area contributed by atoms with Crippen molar-refractivity contribution in [3.8, 4) is 0 Å². The van der Waals surface area contributed by atoms with Crippen molar-refractivity contribution in [2.75, 3.05) is 13.1 Å². The van der Waals surface area contributed by atoms with Gasteiger partial charge in [-0.15, -0.1) is 0 Å². The van der Waals surface area contributed by atoms with Crippen molar-refractivity contribution in [3.05, 3.63) is 12.8 Å². The molecule has 1 heteroatoms. The van der Waals surface area contributed by atoms with Crippen molar-refractivity contribution < 1.29 is 0 Å². The molecular weight excluding hydrogens is 122 g/mol. The lowest BCUT2D eigenvalue weighted by Gasteiger charge is -2.30. The van der Waals surface area contributed by atoms with Crippen LogP contribution in [0.3, 0.4) is 0 Å². The van der Waals surface area contributed by atoms with E-state index in [1.54, 1.807) is 0 Å². The van der Waals surface area contributed by atoms with Gasteiger partial charge >= 0.3 is 0 Å². The highest BCUT2D eigenvalue weighted by molar-refractivity contribution is 4.97. The van der Waals surface area contributed by atoms with Gasteiger partial charge in [0.2, 0.25) is 0 Å². The Morgan fingerprint density at radius 2 is 1.70 bits per heavy atom. The molecule has 1 aliphatic heterocycles. The van der Waals surface area contributed by atoms with Crippen LogP contribution in [0, 0.1) is 5.41 Å². The Labute approximate surface area is 62.7 Å². The highest BCUT2D eigenvalue weighted by atomic mass is 15.1. The highest BCUT2D eigenvalue weighted by Gasteiger charge is 2.43. The van der Waals surface area contributed by atoms with E-state index >= 15 is 0 Å². The predicted octanol–water partition coefficient (Wildman–Crippen LogP) is 2.01. The third kappa shape index (κ3) is 0.938. The van der Waals surface area contributed by atoms with Crippen LogP contribution >= 0.6 is 0 Å². The van der Waals surface area contributed by atoms with Crippen LogP contribution < -0.4 is 0 Å². The minimum Gasteiger partial charge on any atom is -0.378 e. The van der Waals surface area contributed by atoms with E-state index < -0.39 is 0 Å². The molecule has 2 aliphatic rings. The van der Waals surface area contributed by atoms with Crippen molar-refractivity contribution in [2.45, 2.75) is 25.7 Å². The van der Waals surface area contributed by atoms with Crippen LogP contribution in [0.1, 0.15) is 25.7 Å². The average molecular weight is 137 g/mol. The third-order valence-corrected chi connectivity index (χ3v) is 3.07. The molecule has 0 aromatic rings. The summed E-state index contributed by atoms with van der Waals surface area (Å²) >= 11 is 0. The van der Waals surface area contributed by atoms with E-state index in [4.69, 9.17) is 0 Å². The Bertz CT molecular complexity index is 137. The van der Waals surface area contributed by atoms with Crippen LogP contribution in [0.2, 0.25) is 0 Å². The number of hydrogen-bond acceptors (Lipinski definition) is 1. The standard InChI is InChI=1S/C9H15N/c1-2-10-7-5-9(3-4-9)6-8-10/h2H,1,3-8H2. The number of rotatable bonds is 1. The first-order chi connectivity index (χ1) is 4.85. The Kier molecular flexibility index (Phi) is 1.26. The fourth-order valence-corrected chi connectivity index (χ4v) is 1.86. The second-order valence-corrected chi connectivity index (χ2v) is 3.72. The van der Waals surface area contributed by atoms with E-state index in [1.807, 2.05) is 6.20 Å². The molecule has 1 saturated heterocycles. The van der Waals surface area contributed by atoms with Crippen molar-refractivity contribution in [2.24, 2.45) is 5.41 Å². The maximum Gasteiger partial charge on any atom is 0.0177 e. The Morgan fingerprint density at radius 3 is 2.10 bits per heavy atom. The van der Waals surface area contributed by atoms with E-state index in [0.717, 1.165) is 5.41 Å². The molecule has 1 saturated carbocycles. The molecule has 0 unspecified atom stereocenters. The summed E-state index contributed by atoms with van der Waals surface area (Å²) < 4.78 is 0. The summed E-state index contributed by atoms with van der Waals surface area (Å²) in [5.74, 6) is 0. The van der Waals surface area contributed by atoms with Gasteiger partial charge in [0.25, 0.3) is 0 Å². The lowest BCUT2D eigenvalue weighted by atomic mass is 9.94. The Morgan fingerprint density at radius 1 is 1.10 bits per heavy atom. The molecule has 0 N–H and O–H groups in total. The fourth-order valence-electron chi connectivity index (χ4n) is 1.86. The molecule has 2 fully saturated rings. The zero-order valence-electron chi connectivity index (χ0n) is 6.47. The summed E-state index contributed by atoms with van der Waals surface area (Å²) in [5.41, 5.74) is 0.819. The van der Waals surface area contributed by atoms with Crippen molar-refractivity contribution in [1.29, 1.82) is 0 Å². The molecule has 0 amide bonds. The van der Waals surface area contributed by atoms with Gasteiger partial charge in [-0.2, -0.15) is 0 Å². The molecule has 1 spiro atoms.